The maximum atomic E-state index is 10.7. The number of phenols is 1. The van der Waals surface area contributed by atoms with Crippen LogP contribution in [0.4, 0.5) is 0 Å². The third kappa shape index (κ3) is 5.33. The zero-order chi connectivity index (χ0) is 20.8. The molecule has 0 aliphatic carbocycles. The van der Waals surface area contributed by atoms with Gasteiger partial charge in [0.25, 0.3) is 0 Å². The molecule has 1 aromatic rings. The summed E-state index contributed by atoms with van der Waals surface area (Å²) >= 11 is 0. The predicted molar refractivity (Wildman–Crippen MR) is 113 cm³/mol. The lowest BCUT2D eigenvalue weighted by Crippen LogP contribution is -2.20. The van der Waals surface area contributed by atoms with Crippen molar-refractivity contribution < 1.29 is 19.3 Å². The number of hydrogen-bond acceptors (Lipinski definition) is 4. The van der Waals surface area contributed by atoms with E-state index in [2.05, 4.69) is 40.7 Å². The minimum atomic E-state index is -0.234. The smallest absolute Gasteiger partial charge is 0.207 e. The van der Waals surface area contributed by atoms with Crippen molar-refractivity contribution in [3.05, 3.63) is 22.8 Å². The van der Waals surface area contributed by atoms with Crippen LogP contribution in [-0.2, 0) is 5.41 Å². The van der Waals surface area contributed by atoms with Crippen LogP contribution in [0, 0.1) is 12.8 Å². The molecule has 0 saturated heterocycles. The SMILES string of the molecule is CCOc1c(OC)c(OC)c(O)c(C)c1C(C)(C)C/C=C(\C)CC(C)CC. The molecule has 1 atom stereocenters. The zero-order valence-electron chi connectivity index (χ0n) is 18.7. The van der Waals surface area contributed by atoms with Crippen LogP contribution in [0.1, 0.15) is 71.9 Å². The molecule has 4 heteroatoms. The first-order valence-electron chi connectivity index (χ1n) is 9.90. The molecule has 4 nitrogen and oxygen atoms in total. The second-order valence-corrected chi connectivity index (χ2v) is 8.03. The summed E-state index contributed by atoms with van der Waals surface area (Å²) in [4.78, 5) is 0. The summed E-state index contributed by atoms with van der Waals surface area (Å²) in [6, 6.07) is 0. The maximum absolute atomic E-state index is 10.7. The first-order valence-corrected chi connectivity index (χ1v) is 9.90. The molecule has 1 aromatic carbocycles. The number of methoxy groups -OCH3 is 2. The second-order valence-electron chi connectivity index (χ2n) is 8.03. The maximum Gasteiger partial charge on any atom is 0.207 e. The minimum Gasteiger partial charge on any atom is -0.504 e. The van der Waals surface area contributed by atoms with Gasteiger partial charge >= 0.3 is 0 Å². The molecule has 0 heterocycles. The first-order chi connectivity index (χ1) is 12.6. The summed E-state index contributed by atoms with van der Waals surface area (Å²) in [5, 5.41) is 10.7. The Morgan fingerprint density at radius 3 is 2.19 bits per heavy atom. The quantitative estimate of drug-likeness (QED) is 0.495. The van der Waals surface area contributed by atoms with Crippen LogP contribution in [-0.4, -0.2) is 25.9 Å². The van der Waals surface area contributed by atoms with Gasteiger partial charge in [-0.25, -0.2) is 0 Å². The molecule has 0 amide bonds. The number of phenolic OH excluding ortho intramolecular Hbond substituents is 1. The van der Waals surface area contributed by atoms with Crippen LogP contribution >= 0.6 is 0 Å². The van der Waals surface area contributed by atoms with Gasteiger partial charge in [0.2, 0.25) is 11.5 Å². The topological polar surface area (TPSA) is 47.9 Å². The van der Waals surface area contributed by atoms with Crippen LogP contribution in [0.15, 0.2) is 11.6 Å². The Morgan fingerprint density at radius 1 is 1.11 bits per heavy atom. The van der Waals surface area contributed by atoms with Crippen molar-refractivity contribution in [1.82, 2.24) is 0 Å². The van der Waals surface area contributed by atoms with E-state index in [1.165, 1.54) is 19.1 Å². The van der Waals surface area contributed by atoms with E-state index in [0.717, 1.165) is 24.0 Å². The highest BCUT2D eigenvalue weighted by atomic mass is 16.5. The van der Waals surface area contributed by atoms with Gasteiger partial charge in [0.1, 0.15) is 0 Å². The molecular weight excluding hydrogens is 340 g/mol. The van der Waals surface area contributed by atoms with Crippen molar-refractivity contribution in [2.45, 2.75) is 73.1 Å². The highest BCUT2D eigenvalue weighted by Gasteiger charge is 2.33. The third-order valence-corrected chi connectivity index (χ3v) is 5.29. The molecule has 0 spiro atoms. The van der Waals surface area contributed by atoms with E-state index in [9.17, 15) is 5.11 Å². The Kier molecular flexibility index (Phi) is 8.52. The molecule has 0 aliphatic rings. The van der Waals surface area contributed by atoms with E-state index in [1.54, 1.807) is 7.11 Å². The number of aromatic hydroxyl groups is 1. The Hall–Kier alpha value is -1.84. The van der Waals surface area contributed by atoms with Crippen molar-refractivity contribution in [1.29, 1.82) is 0 Å². The van der Waals surface area contributed by atoms with E-state index >= 15 is 0 Å². The Balaban J connectivity index is 3.44. The van der Waals surface area contributed by atoms with Crippen molar-refractivity contribution in [3.8, 4) is 23.0 Å². The van der Waals surface area contributed by atoms with Crippen molar-refractivity contribution in [3.63, 3.8) is 0 Å². The van der Waals surface area contributed by atoms with E-state index < -0.39 is 0 Å². The lowest BCUT2D eigenvalue weighted by molar-refractivity contribution is 0.279. The van der Waals surface area contributed by atoms with Crippen molar-refractivity contribution >= 4 is 0 Å². The van der Waals surface area contributed by atoms with Gasteiger partial charge in [0.05, 0.1) is 20.8 Å². The number of rotatable bonds is 10. The van der Waals surface area contributed by atoms with Crippen molar-refractivity contribution in [2.75, 3.05) is 20.8 Å². The number of allylic oxidation sites excluding steroid dienone is 2. The summed E-state index contributed by atoms with van der Waals surface area (Å²) in [5.41, 5.74) is 2.90. The largest absolute Gasteiger partial charge is 0.504 e. The van der Waals surface area contributed by atoms with Gasteiger partial charge in [-0.1, -0.05) is 45.8 Å². The van der Waals surface area contributed by atoms with E-state index in [0.29, 0.717) is 29.8 Å². The first kappa shape index (κ1) is 23.2. The fraction of sp³-hybridized carbons (Fsp3) is 0.652. The van der Waals surface area contributed by atoms with Crippen molar-refractivity contribution in [2.24, 2.45) is 5.92 Å². The highest BCUT2D eigenvalue weighted by molar-refractivity contribution is 5.68. The molecule has 1 N–H and O–H groups in total. The molecule has 0 radical (unpaired) electrons. The Morgan fingerprint density at radius 2 is 1.70 bits per heavy atom. The normalized spacial score (nSPS) is 13.4. The van der Waals surface area contributed by atoms with E-state index in [4.69, 9.17) is 14.2 Å². The van der Waals surface area contributed by atoms with E-state index in [1.807, 2.05) is 13.8 Å². The van der Waals surface area contributed by atoms with Gasteiger partial charge in [0.15, 0.2) is 11.5 Å². The average molecular weight is 379 g/mol. The highest BCUT2D eigenvalue weighted by Crippen LogP contribution is 2.53. The van der Waals surface area contributed by atoms with Gasteiger partial charge in [-0.15, -0.1) is 0 Å². The lowest BCUT2D eigenvalue weighted by atomic mass is 9.77. The average Bonchev–Trinajstić information content (AvgIpc) is 2.62. The fourth-order valence-corrected chi connectivity index (χ4v) is 3.56. The Bertz CT molecular complexity index is 659. The molecule has 1 unspecified atom stereocenters. The van der Waals surface area contributed by atoms with E-state index in [-0.39, 0.29) is 11.2 Å². The minimum absolute atomic E-state index is 0.112. The fourth-order valence-electron chi connectivity index (χ4n) is 3.56. The number of hydrogen-bond donors (Lipinski definition) is 1. The monoisotopic (exact) mass is 378 g/mol. The Labute approximate surface area is 165 Å². The van der Waals surface area contributed by atoms with Gasteiger partial charge < -0.3 is 19.3 Å². The zero-order valence-corrected chi connectivity index (χ0v) is 18.7. The van der Waals surface area contributed by atoms with Crippen LogP contribution < -0.4 is 14.2 Å². The molecule has 27 heavy (non-hydrogen) atoms. The third-order valence-electron chi connectivity index (χ3n) is 5.29. The summed E-state index contributed by atoms with van der Waals surface area (Å²) in [7, 11) is 3.10. The summed E-state index contributed by atoms with van der Waals surface area (Å²) < 4.78 is 16.9. The molecular formula is C23H38O4. The van der Waals surface area contributed by atoms with Gasteiger partial charge in [-0.2, -0.15) is 0 Å². The summed E-state index contributed by atoms with van der Waals surface area (Å²) in [6.45, 7) is 15.4. The molecule has 154 valence electrons. The van der Waals surface area contributed by atoms with Gasteiger partial charge in [0, 0.05) is 11.1 Å². The van der Waals surface area contributed by atoms with Gasteiger partial charge in [-0.05, 0) is 44.9 Å². The summed E-state index contributed by atoms with van der Waals surface area (Å²) in [5.74, 6) is 2.23. The number of ether oxygens (including phenoxy) is 3. The van der Waals surface area contributed by atoms with Crippen LogP contribution in [0.2, 0.25) is 0 Å². The molecule has 1 rings (SSSR count). The van der Waals surface area contributed by atoms with Crippen LogP contribution in [0.5, 0.6) is 23.0 Å². The van der Waals surface area contributed by atoms with Crippen LogP contribution in [0.3, 0.4) is 0 Å². The predicted octanol–water partition coefficient (Wildman–Crippen LogP) is 6.17. The number of benzene rings is 1. The molecule has 0 aromatic heterocycles. The molecule has 0 saturated carbocycles. The standard InChI is InChI=1S/C23H38O4/c1-10-15(3)14-16(4)12-13-23(6,7)18-17(5)19(24)21(25-8)22(26-9)20(18)27-11-2/h12,15,24H,10-11,13-14H2,1-9H3/b16-12+. The molecule has 0 bridgehead atoms. The second kappa shape index (κ2) is 9.91. The lowest BCUT2D eigenvalue weighted by Gasteiger charge is -2.31. The molecule has 0 fully saturated rings. The van der Waals surface area contributed by atoms with Gasteiger partial charge in [-0.3, -0.25) is 0 Å². The van der Waals surface area contributed by atoms with Crippen LogP contribution in [0.25, 0.3) is 0 Å². The summed E-state index contributed by atoms with van der Waals surface area (Å²) in [6.07, 6.45) is 5.47. The molecule has 0 aliphatic heterocycles.